The second kappa shape index (κ2) is 5.71. The van der Waals surface area contributed by atoms with Gasteiger partial charge in [-0.1, -0.05) is 23.7 Å². The van der Waals surface area contributed by atoms with Crippen molar-refractivity contribution in [3.8, 4) is 0 Å². The number of aryl methyl sites for hydroxylation is 1. The molecule has 0 bridgehead atoms. The molecule has 0 saturated heterocycles. The monoisotopic (exact) mass is 371 g/mol. The second-order valence-corrected chi connectivity index (χ2v) is 5.52. The third-order valence-corrected chi connectivity index (χ3v) is 4.03. The Labute approximate surface area is 124 Å². The maximum absolute atomic E-state index is 12.0. The van der Waals surface area contributed by atoms with E-state index in [0.29, 0.717) is 10.6 Å². The molecule has 0 aliphatic carbocycles. The van der Waals surface area contributed by atoms with Crippen molar-refractivity contribution in [1.82, 2.24) is 0 Å². The number of hydrogen-bond donors (Lipinski definition) is 1. The van der Waals surface area contributed by atoms with Crippen LogP contribution in [-0.4, -0.2) is 5.91 Å². The van der Waals surface area contributed by atoms with E-state index in [1.165, 1.54) is 0 Å². The molecule has 0 radical (unpaired) electrons. The van der Waals surface area contributed by atoms with E-state index >= 15 is 0 Å². The standard InChI is InChI=1S/C14H11ClINO/c1-9-3-2-4-11(7-9)17-14(18)10-5-6-13(16)12(15)8-10/h2-8H,1H3,(H,17,18). The number of benzene rings is 2. The fourth-order valence-corrected chi connectivity index (χ4v) is 2.08. The molecule has 1 amide bonds. The van der Waals surface area contributed by atoms with Crippen LogP contribution in [-0.2, 0) is 0 Å². The van der Waals surface area contributed by atoms with Gasteiger partial charge in [0.05, 0.1) is 5.02 Å². The Morgan fingerprint density at radius 3 is 2.67 bits per heavy atom. The van der Waals surface area contributed by atoms with Crippen LogP contribution in [0.4, 0.5) is 5.69 Å². The first-order valence-electron chi connectivity index (χ1n) is 5.39. The molecule has 4 heteroatoms. The van der Waals surface area contributed by atoms with Gasteiger partial charge in [0, 0.05) is 14.8 Å². The minimum absolute atomic E-state index is 0.154. The fraction of sp³-hybridized carbons (Fsp3) is 0.0714. The summed E-state index contributed by atoms with van der Waals surface area (Å²) >= 11 is 8.13. The molecule has 0 spiro atoms. The van der Waals surface area contributed by atoms with Gasteiger partial charge >= 0.3 is 0 Å². The van der Waals surface area contributed by atoms with Gasteiger partial charge in [0.2, 0.25) is 0 Å². The molecule has 2 aromatic rings. The normalized spacial score (nSPS) is 10.2. The number of rotatable bonds is 2. The van der Waals surface area contributed by atoms with E-state index in [-0.39, 0.29) is 5.91 Å². The van der Waals surface area contributed by atoms with Crippen molar-refractivity contribution in [3.63, 3.8) is 0 Å². The topological polar surface area (TPSA) is 29.1 Å². The van der Waals surface area contributed by atoms with Crippen molar-refractivity contribution in [2.75, 3.05) is 5.32 Å². The van der Waals surface area contributed by atoms with Crippen LogP contribution in [0, 0.1) is 10.5 Å². The van der Waals surface area contributed by atoms with E-state index in [1.54, 1.807) is 12.1 Å². The van der Waals surface area contributed by atoms with Crippen molar-refractivity contribution in [2.24, 2.45) is 0 Å². The average molecular weight is 372 g/mol. The Morgan fingerprint density at radius 2 is 2.00 bits per heavy atom. The summed E-state index contributed by atoms with van der Waals surface area (Å²) in [7, 11) is 0. The second-order valence-electron chi connectivity index (χ2n) is 3.95. The van der Waals surface area contributed by atoms with Crippen molar-refractivity contribution in [2.45, 2.75) is 6.92 Å². The SMILES string of the molecule is Cc1cccc(NC(=O)c2ccc(I)c(Cl)c2)c1. The lowest BCUT2D eigenvalue weighted by molar-refractivity contribution is 0.102. The molecule has 0 saturated carbocycles. The van der Waals surface area contributed by atoms with Gasteiger partial charge < -0.3 is 5.32 Å². The van der Waals surface area contributed by atoms with Gasteiger partial charge in [-0.05, 0) is 65.4 Å². The van der Waals surface area contributed by atoms with E-state index in [9.17, 15) is 4.79 Å². The van der Waals surface area contributed by atoms with Crippen LogP contribution >= 0.6 is 34.2 Å². The van der Waals surface area contributed by atoms with Crippen molar-refractivity contribution >= 4 is 45.8 Å². The van der Waals surface area contributed by atoms with Gasteiger partial charge in [0.1, 0.15) is 0 Å². The Hall–Kier alpha value is -1.07. The summed E-state index contributed by atoms with van der Waals surface area (Å²) in [6.07, 6.45) is 0. The highest BCUT2D eigenvalue weighted by atomic mass is 127. The molecular weight excluding hydrogens is 361 g/mol. The van der Waals surface area contributed by atoms with Gasteiger partial charge in [-0.15, -0.1) is 0 Å². The molecule has 0 fully saturated rings. The summed E-state index contributed by atoms with van der Waals surface area (Å²) in [5.41, 5.74) is 2.45. The number of anilines is 1. The zero-order chi connectivity index (χ0) is 13.1. The zero-order valence-corrected chi connectivity index (χ0v) is 12.6. The highest BCUT2D eigenvalue weighted by Gasteiger charge is 2.08. The number of carbonyl (C=O) groups is 1. The van der Waals surface area contributed by atoms with Crippen LogP contribution in [0.15, 0.2) is 42.5 Å². The summed E-state index contributed by atoms with van der Waals surface area (Å²) in [6, 6.07) is 12.9. The number of nitrogens with one attached hydrogen (secondary N) is 1. The first-order chi connectivity index (χ1) is 8.56. The highest BCUT2D eigenvalue weighted by Crippen LogP contribution is 2.20. The van der Waals surface area contributed by atoms with Crippen LogP contribution in [0.3, 0.4) is 0 Å². The zero-order valence-electron chi connectivity index (χ0n) is 9.71. The first kappa shape index (κ1) is 13.4. The molecule has 1 N–H and O–H groups in total. The lowest BCUT2D eigenvalue weighted by Gasteiger charge is -2.06. The Kier molecular flexibility index (Phi) is 4.24. The first-order valence-corrected chi connectivity index (χ1v) is 6.85. The van der Waals surface area contributed by atoms with Gasteiger partial charge in [-0.2, -0.15) is 0 Å². The van der Waals surface area contributed by atoms with Gasteiger partial charge in [0.25, 0.3) is 5.91 Å². The van der Waals surface area contributed by atoms with Gasteiger partial charge in [-0.3, -0.25) is 4.79 Å². The van der Waals surface area contributed by atoms with Gasteiger partial charge in [-0.25, -0.2) is 0 Å². The number of carbonyl (C=O) groups excluding carboxylic acids is 1. The summed E-state index contributed by atoms with van der Waals surface area (Å²) in [5, 5.41) is 3.44. The van der Waals surface area contributed by atoms with E-state index in [2.05, 4.69) is 27.9 Å². The molecule has 92 valence electrons. The van der Waals surface area contributed by atoms with Crippen molar-refractivity contribution in [3.05, 3.63) is 62.2 Å². The van der Waals surface area contributed by atoms with Crippen LogP contribution in [0.5, 0.6) is 0 Å². The molecule has 2 rings (SSSR count). The molecule has 0 aliphatic rings. The van der Waals surface area contributed by atoms with Crippen LogP contribution in [0.2, 0.25) is 5.02 Å². The number of amides is 1. The van der Waals surface area contributed by atoms with E-state index < -0.39 is 0 Å². The number of hydrogen-bond acceptors (Lipinski definition) is 1. The molecule has 18 heavy (non-hydrogen) atoms. The quantitative estimate of drug-likeness (QED) is 0.774. The van der Waals surface area contributed by atoms with Crippen LogP contribution in [0.1, 0.15) is 15.9 Å². The predicted octanol–water partition coefficient (Wildman–Crippen LogP) is 4.51. The molecule has 0 aromatic heterocycles. The summed E-state index contributed by atoms with van der Waals surface area (Å²) in [6.45, 7) is 1.98. The van der Waals surface area contributed by atoms with E-state index in [1.807, 2.05) is 37.3 Å². The lowest BCUT2D eigenvalue weighted by atomic mass is 10.2. The third kappa shape index (κ3) is 3.23. The highest BCUT2D eigenvalue weighted by molar-refractivity contribution is 14.1. The van der Waals surface area contributed by atoms with Gasteiger partial charge in [0.15, 0.2) is 0 Å². The molecule has 2 aromatic carbocycles. The van der Waals surface area contributed by atoms with Crippen molar-refractivity contribution < 1.29 is 4.79 Å². The molecule has 0 aliphatic heterocycles. The lowest BCUT2D eigenvalue weighted by Crippen LogP contribution is -2.11. The maximum Gasteiger partial charge on any atom is 0.255 e. The molecular formula is C14H11ClINO. The molecule has 0 atom stereocenters. The van der Waals surface area contributed by atoms with Crippen molar-refractivity contribution in [1.29, 1.82) is 0 Å². The maximum atomic E-state index is 12.0. The summed E-state index contributed by atoms with van der Waals surface area (Å²) in [4.78, 5) is 12.0. The third-order valence-electron chi connectivity index (χ3n) is 2.46. The fourth-order valence-electron chi connectivity index (χ4n) is 1.56. The Balaban J connectivity index is 2.19. The smallest absolute Gasteiger partial charge is 0.255 e. The van der Waals surface area contributed by atoms with E-state index in [4.69, 9.17) is 11.6 Å². The minimum Gasteiger partial charge on any atom is -0.322 e. The number of halogens is 2. The molecule has 0 unspecified atom stereocenters. The van der Waals surface area contributed by atoms with Crippen LogP contribution < -0.4 is 5.32 Å². The summed E-state index contributed by atoms with van der Waals surface area (Å²) in [5.74, 6) is -0.154. The largest absolute Gasteiger partial charge is 0.322 e. The predicted molar refractivity (Wildman–Crippen MR) is 83.3 cm³/mol. The summed E-state index contributed by atoms with van der Waals surface area (Å²) < 4.78 is 0.932. The van der Waals surface area contributed by atoms with Crippen LogP contribution in [0.25, 0.3) is 0 Å². The Bertz CT molecular complexity index is 598. The Morgan fingerprint density at radius 1 is 1.22 bits per heavy atom. The average Bonchev–Trinajstić information content (AvgIpc) is 2.32. The minimum atomic E-state index is -0.154. The molecule has 0 heterocycles. The van der Waals surface area contributed by atoms with E-state index in [0.717, 1.165) is 14.8 Å². The molecule has 2 nitrogen and oxygen atoms in total.